The molecule has 0 spiro atoms. The summed E-state index contributed by atoms with van der Waals surface area (Å²) in [6.07, 6.45) is 0. The first-order valence-electron chi connectivity index (χ1n) is 14.5. The van der Waals surface area contributed by atoms with E-state index in [1.165, 1.54) is 10.8 Å². The number of fused-ring (bicyclic) bond motifs is 5. The zero-order valence-corrected chi connectivity index (χ0v) is 24.2. The molecule has 0 saturated heterocycles. The van der Waals surface area contributed by atoms with Gasteiger partial charge in [0.05, 0.1) is 0 Å². The van der Waals surface area contributed by atoms with Crippen molar-refractivity contribution in [2.75, 3.05) is 0 Å². The highest BCUT2D eigenvalue weighted by molar-refractivity contribution is 7.85. The van der Waals surface area contributed by atoms with Crippen LogP contribution in [-0.2, 0) is 4.57 Å². The minimum atomic E-state index is -2.99. The van der Waals surface area contributed by atoms with Crippen LogP contribution in [0.25, 0.3) is 55.0 Å². The Hall–Kier alpha value is -5.17. The van der Waals surface area contributed by atoms with Gasteiger partial charge in [0.25, 0.3) is 0 Å². The lowest BCUT2D eigenvalue weighted by atomic mass is 9.98. The number of benzene rings is 7. The summed E-state index contributed by atoms with van der Waals surface area (Å²) in [5.74, 6) is 0. The Balaban J connectivity index is 1.14. The van der Waals surface area contributed by atoms with Gasteiger partial charge in [-0.25, -0.2) is 0 Å². The van der Waals surface area contributed by atoms with Crippen LogP contribution >= 0.6 is 7.14 Å². The molecule has 1 heterocycles. The van der Waals surface area contributed by atoms with Crippen molar-refractivity contribution in [3.8, 4) is 22.3 Å². The predicted molar refractivity (Wildman–Crippen MR) is 181 cm³/mol. The maximum absolute atomic E-state index is 14.7. The van der Waals surface area contributed by atoms with Crippen LogP contribution < -0.4 is 15.9 Å². The lowest BCUT2D eigenvalue weighted by Gasteiger charge is -2.20. The molecule has 8 aromatic rings. The SMILES string of the molecule is O=P(c1ccccc1)(c1ccccc1)c1ccc(-c2ccc(-c3ccc4oc5ccc6ccccc6c5c4c3)cc2)cc1. The quantitative estimate of drug-likeness (QED) is 0.193. The van der Waals surface area contributed by atoms with Gasteiger partial charge in [0.1, 0.15) is 11.2 Å². The van der Waals surface area contributed by atoms with Gasteiger partial charge in [0.2, 0.25) is 0 Å². The minimum Gasteiger partial charge on any atom is -0.456 e. The van der Waals surface area contributed by atoms with Crippen LogP contribution in [0.5, 0.6) is 0 Å². The third-order valence-corrected chi connectivity index (χ3v) is 11.5. The lowest BCUT2D eigenvalue weighted by molar-refractivity contribution is 0.592. The van der Waals surface area contributed by atoms with Crippen LogP contribution in [0.3, 0.4) is 0 Å². The maximum Gasteiger partial charge on any atom is 0.171 e. The molecule has 0 fully saturated rings. The van der Waals surface area contributed by atoms with E-state index in [2.05, 4.69) is 91.0 Å². The van der Waals surface area contributed by atoms with Gasteiger partial charge in [-0.05, 0) is 51.2 Å². The van der Waals surface area contributed by atoms with Crippen molar-refractivity contribution in [1.82, 2.24) is 0 Å². The largest absolute Gasteiger partial charge is 0.456 e. The molecular weight excluding hydrogens is 543 g/mol. The molecule has 7 aromatic carbocycles. The van der Waals surface area contributed by atoms with Crippen molar-refractivity contribution in [3.63, 3.8) is 0 Å². The summed E-state index contributed by atoms with van der Waals surface area (Å²) in [6.45, 7) is 0. The molecule has 3 heteroatoms. The Labute approximate surface area is 250 Å². The summed E-state index contributed by atoms with van der Waals surface area (Å²) < 4.78 is 20.9. The highest BCUT2D eigenvalue weighted by atomic mass is 31.2. The molecular formula is C40H27O2P. The molecule has 0 aliphatic rings. The lowest BCUT2D eigenvalue weighted by Crippen LogP contribution is -2.24. The van der Waals surface area contributed by atoms with Crippen LogP contribution in [0.4, 0.5) is 0 Å². The first kappa shape index (κ1) is 25.5. The van der Waals surface area contributed by atoms with E-state index < -0.39 is 7.14 Å². The topological polar surface area (TPSA) is 30.2 Å². The second-order valence-corrected chi connectivity index (χ2v) is 13.6. The van der Waals surface area contributed by atoms with Gasteiger partial charge >= 0.3 is 0 Å². The molecule has 0 bridgehead atoms. The van der Waals surface area contributed by atoms with E-state index >= 15 is 0 Å². The fourth-order valence-electron chi connectivity index (χ4n) is 6.17. The number of hydrogen-bond donors (Lipinski definition) is 0. The van der Waals surface area contributed by atoms with E-state index in [-0.39, 0.29) is 0 Å². The Bertz CT molecular complexity index is 2240. The summed E-state index contributed by atoms with van der Waals surface area (Å²) in [6, 6.07) is 55.5. The Morgan fingerprint density at radius 3 is 1.53 bits per heavy atom. The van der Waals surface area contributed by atoms with E-state index in [4.69, 9.17) is 4.42 Å². The van der Waals surface area contributed by atoms with Gasteiger partial charge in [-0.2, -0.15) is 0 Å². The minimum absolute atomic E-state index is 0.832. The standard InChI is InChI=1S/C40H27O2P/c41-43(33-10-3-1-4-11-33,34-12-5-2-6-13-34)35-23-19-29(20-24-35)28-15-17-30(18-16-28)32-22-25-38-37(27-32)40-36-14-8-7-9-31(36)21-26-39(40)42-38/h1-27H. The number of hydrogen-bond acceptors (Lipinski definition) is 2. The summed E-state index contributed by atoms with van der Waals surface area (Å²) in [5, 5.41) is 7.22. The Morgan fingerprint density at radius 1 is 0.395 bits per heavy atom. The highest BCUT2D eigenvalue weighted by Gasteiger charge is 2.29. The summed E-state index contributed by atoms with van der Waals surface area (Å²) in [4.78, 5) is 0. The normalized spacial score (nSPS) is 11.8. The third-order valence-electron chi connectivity index (χ3n) is 8.38. The average molecular weight is 571 g/mol. The zero-order chi connectivity index (χ0) is 28.8. The predicted octanol–water partition coefficient (Wildman–Crippen LogP) is 9.71. The average Bonchev–Trinajstić information content (AvgIpc) is 3.47. The zero-order valence-electron chi connectivity index (χ0n) is 23.4. The van der Waals surface area contributed by atoms with E-state index in [1.54, 1.807) is 0 Å². The maximum atomic E-state index is 14.7. The van der Waals surface area contributed by atoms with Gasteiger partial charge in [-0.1, -0.05) is 146 Å². The van der Waals surface area contributed by atoms with Crippen LogP contribution in [-0.4, -0.2) is 0 Å². The van der Waals surface area contributed by atoms with Gasteiger partial charge in [-0.3, -0.25) is 0 Å². The van der Waals surface area contributed by atoms with Crippen LogP contribution in [0, 0.1) is 0 Å². The monoisotopic (exact) mass is 570 g/mol. The molecule has 43 heavy (non-hydrogen) atoms. The molecule has 0 atom stereocenters. The van der Waals surface area contributed by atoms with Crippen LogP contribution in [0.1, 0.15) is 0 Å². The molecule has 0 saturated carbocycles. The first-order chi connectivity index (χ1) is 21.2. The van der Waals surface area contributed by atoms with Crippen molar-refractivity contribution in [1.29, 1.82) is 0 Å². The summed E-state index contributed by atoms with van der Waals surface area (Å²) >= 11 is 0. The van der Waals surface area contributed by atoms with E-state index in [0.717, 1.165) is 60.1 Å². The van der Waals surface area contributed by atoms with E-state index in [0.29, 0.717) is 0 Å². The molecule has 204 valence electrons. The van der Waals surface area contributed by atoms with Crippen molar-refractivity contribution in [2.45, 2.75) is 0 Å². The fraction of sp³-hybridized carbons (Fsp3) is 0. The molecule has 0 N–H and O–H groups in total. The van der Waals surface area contributed by atoms with Crippen molar-refractivity contribution in [3.05, 3.63) is 164 Å². The first-order valence-corrected chi connectivity index (χ1v) is 16.2. The van der Waals surface area contributed by atoms with Gasteiger partial charge in [0.15, 0.2) is 7.14 Å². The second kappa shape index (κ2) is 10.3. The molecule has 0 unspecified atom stereocenters. The van der Waals surface area contributed by atoms with Gasteiger partial charge in [-0.15, -0.1) is 0 Å². The Morgan fingerprint density at radius 2 is 0.884 bits per heavy atom. The summed E-state index contributed by atoms with van der Waals surface area (Å²) in [5.41, 5.74) is 6.31. The molecule has 0 amide bonds. The Kier molecular flexibility index (Phi) is 6.10. The molecule has 0 aliphatic carbocycles. The molecule has 0 aliphatic heterocycles. The fourth-order valence-corrected chi connectivity index (χ4v) is 8.82. The molecule has 2 nitrogen and oxygen atoms in total. The van der Waals surface area contributed by atoms with Crippen LogP contribution in [0.2, 0.25) is 0 Å². The van der Waals surface area contributed by atoms with E-state index in [9.17, 15) is 4.57 Å². The number of furan rings is 1. The van der Waals surface area contributed by atoms with Crippen molar-refractivity contribution < 1.29 is 8.98 Å². The third kappa shape index (κ3) is 4.31. The van der Waals surface area contributed by atoms with Crippen molar-refractivity contribution >= 4 is 55.8 Å². The smallest absolute Gasteiger partial charge is 0.171 e. The van der Waals surface area contributed by atoms with Gasteiger partial charge < -0.3 is 8.98 Å². The number of rotatable bonds is 5. The molecule has 0 radical (unpaired) electrons. The van der Waals surface area contributed by atoms with Gasteiger partial charge in [0, 0.05) is 26.7 Å². The molecule has 8 rings (SSSR count). The van der Waals surface area contributed by atoms with Crippen LogP contribution in [0.15, 0.2) is 168 Å². The van der Waals surface area contributed by atoms with Crippen molar-refractivity contribution in [2.24, 2.45) is 0 Å². The van der Waals surface area contributed by atoms with E-state index in [1.807, 2.05) is 72.8 Å². The summed E-state index contributed by atoms with van der Waals surface area (Å²) in [7, 11) is -2.99. The second-order valence-electron chi connectivity index (χ2n) is 10.9. The molecule has 1 aromatic heterocycles. The highest BCUT2D eigenvalue weighted by Crippen LogP contribution is 2.43.